The summed E-state index contributed by atoms with van der Waals surface area (Å²) >= 11 is 0. The lowest BCUT2D eigenvalue weighted by Gasteiger charge is -2.39. The van der Waals surface area contributed by atoms with Gasteiger partial charge in [0.1, 0.15) is 17.2 Å². The fourth-order valence-electron chi connectivity index (χ4n) is 10.8. The maximum absolute atomic E-state index is 7.80. The Bertz CT molecular complexity index is 2950. The van der Waals surface area contributed by atoms with E-state index in [9.17, 15) is 0 Å². The molecule has 0 saturated carbocycles. The Morgan fingerprint density at radius 2 is 1.28 bits per heavy atom. The van der Waals surface area contributed by atoms with Crippen LogP contribution in [0.5, 0.6) is 17.2 Å². The normalized spacial score (nSPS) is 17.8. The van der Waals surface area contributed by atoms with Crippen LogP contribution in [0.2, 0.25) is 0 Å². The number of ether oxygens (including phenoxy) is 4. The van der Waals surface area contributed by atoms with Crippen LogP contribution in [0, 0.1) is 0 Å². The lowest BCUT2D eigenvalue weighted by atomic mass is 9.68. The fourth-order valence-corrected chi connectivity index (χ4v) is 10.8. The summed E-state index contributed by atoms with van der Waals surface area (Å²) in [5, 5.41) is 7.27. The van der Waals surface area contributed by atoms with Crippen LogP contribution in [0.1, 0.15) is 59.2 Å². The Kier molecular flexibility index (Phi) is 8.54. The molecule has 5 heteroatoms. The van der Waals surface area contributed by atoms with E-state index in [-0.39, 0.29) is 0 Å². The van der Waals surface area contributed by atoms with Gasteiger partial charge in [-0.3, -0.25) is 0 Å². The lowest BCUT2D eigenvalue weighted by Crippen LogP contribution is -2.35. The first kappa shape index (κ1) is 36.5. The minimum Gasteiger partial charge on any atom is -0.497 e. The van der Waals surface area contributed by atoms with Gasteiger partial charge in [-0.1, -0.05) is 117 Å². The zero-order chi connectivity index (χ0) is 40.6. The Balaban J connectivity index is 0.00000201. The molecule has 0 amide bonds. The van der Waals surface area contributed by atoms with Gasteiger partial charge in [-0.25, -0.2) is 0 Å². The molecule has 1 spiro atoms. The summed E-state index contributed by atoms with van der Waals surface area (Å²) in [6, 6.07) is 51.0. The highest BCUT2D eigenvalue weighted by atomic mass is 16.5. The Morgan fingerprint density at radius 3 is 2.00 bits per heavy atom. The molecule has 4 aliphatic rings. The molecular weight excluding hydrogens is 739 g/mol. The molecule has 2 heterocycles. The molecule has 8 aromatic carbocycles. The van der Waals surface area contributed by atoms with Crippen molar-refractivity contribution in [3.05, 3.63) is 185 Å². The van der Waals surface area contributed by atoms with E-state index in [1.165, 1.54) is 60.6 Å². The van der Waals surface area contributed by atoms with Crippen LogP contribution in [-0.4, -0.2) is 40.5 Å². The summed E-state index contributed by atoms with van der Waals surface area (Å²) in [5.41, 5.74) is 10.4. The fraction of sp³-hybridized carbons (Fsp3) is 0.200. The Labute approximate surface area is 351 Å². The van der Waals surface area contributed by atoms with Crippen molar-refractivity contribution in [3.8, 4) is 28.4 Å². The van der Waals surface area contributed by atoms with Crippen molar-refractivity contribution in [2.24, 2.45) is 0 Å². The number of hydrogen-bond donors (Lipinski definition) is 0. The second-order valence-electron chi connectivity index (χ2n) is 16.0. The molecule has 1 saturated heterocycles. The van der Waals surface area contributed by atoms with Gasteiger partial charge in [0.25, 0.3) is 0 Å². The van der Waals surface area contributed by atoms with Crippen molar-refractivity contribution in [1.29, 1.82) is 0 Å². The van der Waals surface area contributed by atoms with Crippen molar-refractivity contribution >= 4 is 44.1 Å². The average molecular weight is 786 g/mol. The van der Waals surface area contributed by atoms with Crippen LogP contribution >= 0.6 is 0 Å². The van der Waals surface area contributed by atoms with E-state index in [0.29, 0.717) is 0 Å². The molecule has 296 valence electrons. The van der Waals surface area contributed by atoms with Crippen molar-refractivity contribution in [3.63, 3.8) is 0 Å². The van der Waals surface area contributed by atoms with E-state index in [0.717, 1.165) is 77.4 Å². The highest BCUT2D eigenvalue weighted by Gasteiger charge is 2.54. The largest absolute Gasteiger partial charge is 0.497 e. The summed E-state index contributed by atoms with van der Waals surface area (Å²) in [6.45, 7) is 7.41. The first-order valence-electron chi connectivity index (χ1n) is 21.3. The van der Waals surface area contributed by atoms with E-state index in [1.807, 2.05) is 13.8 Å². The topological polar surface area (TPSA) is 40.2 Å². The minimum atomic E-state index is -0.903. The Morgan fingerprint density at radius 1 is 0.600 bits per heavy atom. The number of fused-ring (bicyclic) bond motifs is 12. The predicted molar refractivity (Wildman–Crippen MR) is 245 cm³/mol. The van der Waals surface area contributed by atoms with Gasteiger partial charge in [-0.05, 0) is 115 Å². The molecular formula is C55H47NO4. The highest BCUT2D eigenvalue weighted by molar-refractivity contribution is 6.19. The summed E-state index contributed by atoms with van der Waals surface area (Å²) in [5.74, 6) is 2.48. The molecule has 0 bridgehead atoms. The molecule has 8 aromatic rings. The average Bonchev–Trinajstić information content (AvgIpc) is 3.62. The van der Waals surface area contributed by atoms with Crippen LogP contribution in [0.3, 0.4) is 0 Å². The SMILES string of the molecule is CC.COc1ccc2c(c1)C1(c3c4c(c5cc(OC)ccc5c3-2)OC(c2ccccc2)(c2ccc(N3CCCOCC3)cc2)C=C4)c2cccc3ccc4cccc1c4c23. The van der Waals surface area contributed by atoms with Gasteiger partial charge in [-0.15, -0.1) is 0 Å². The standard InChI is InChI=1S/C53H41NO4.C2H6/c1-55-38-21-23-40-43(31-38)51-42(25-26-52(58-51,35-11-4-3-5-12-35)36-17-19-37(20-18-36)54-27-8-29-57-30-28-54)50-49(40)41-24-22-39(56-2)32-46(41)53(50)44-13-6-9-33-15-16-34-10-7-14-45(53)48(34)47(33)44;1-2/h3-7,9-26,31-32H,8,27-30H2,1-2H3;1-2H3. The van der Waals surface area contributed by atoms with E-state index in [2.05, 4.69) is 157 Å². The van der Waals surface area contributed by atoms with Gasteiger partial charge >= 0.3 is 0 Å². The van der Waals surface area contributed by atoms with Gasteiger partial charge in [0.2, 0.25) is 0 Å². The maximum Gasteiger partial charge on any atom is 0.178 e. The third kappa shape index (κ3) is 4.96. The zero-order valence-corrected chi connectivity index (χ0v) is 34.5. The summed E-state index contributed by atoms with van der Waals surface area (Å²) in [7, 11) is 3.50. The summed E-state index contributed by atoms with van der Waals surface area (Å²) in [4.78, 5) is 2.43. The predicted octanol–water partition coefficient (Wildman–Crippen LogP) is 12.4. The maximum atomic E-state index is 7.80. The van der Waals surface area contributed by atoms with Gasteiger partial charge in [0.15, 0.2) is 5.60 Å². The minimum absolute atomic E-state index is 0.626. The van der Waals surface area contributed by atoms with Gasteiger partial charge in [0, 0.05) is 47.5 Å². The molecule has 1 fully saturated rings. The molecule has 0 N–H and O–H groups in total. The molecule has 12 rings (SSSR count). The molecule has 0 aromatic heterocycles. The molecule has 2 aliphatic carbocycles. The van der Waals surface area contributed by atoms with Crippen LogP contribution in [-0.2, 0) is 15.8 Å². The second kappa shape index (κ2) is 14.0. The first-order valence-corrected chi connectivity index (χ1v) is 21.3. The molecule has 60 heavy (non-hydrogen) atoms. The zero-order valence-electron chi connectivity index (χ0n) is 34.5. The smallest absolute Gasteiger partial charge is 0.178 e. The van der Waals surface area contributed by atoms with E-state index >= 15 is 0 Å². The lowest BCUT2D eigenvalue weighted by molar-refractivity contribution is 0.152. The van der Waals surface area contributed by atoms with E-state index < -0.39 is 11.0 Å². The van der Waals surface area contributed by atoms with Crippen molar-refractivity contribution < 1.29 is 18.9 Å². The van der Waals surface area contributed by atoms with E-state index in [4.69, 9.17) is 18.9 Å². The van der Waals surface area contributed by atoms with Gasteiger partial charge in [-0.2, -0.15) is 0 Å². The first-order chi connectivity index (χ1) is 29.6. The van der Waals surface area contributed by atoms with Crippen molar-refractivity contribution in [2.45, 2.75) is 31.3 Å². The second-order valence-corrected chi connectivity index (χ2v) is 16.0. The quantitative estimate of drug-likeness (QED) is 0.163. The highest BCUT2D eigenvalue weighted by Crippen LogP contribution is 2.67. The van der Waals surface area contributed by atoms with Crippen LogP contribution in [0.15, 0.2) is 146 Å². The third-order valence-corrected chi connectivity index (χ3v) is 13.3. The van der Waals surface area contributed by atoms with Gasteiger partial charge < -0.3 is 23.8 Å². The number of benzene rings is 8. The van der Waals surface area contributed by atoms with Gasteiger partial charge in [0.05, 0.1) is 26.2 Å². The number of methoxy groups -OCH3 is 2. The number of rotatable bonds is 5. The van der Waals surface area contributed by atoms with Crippen LogP contribution in [0.25, 0.3) is 49.5 Å². The van der Waals surface area contributed by atoms with Crippen molar-refractivity contribution in [1.82, 2.24) is 0 Å². The summed E-state index contributed by atoms with van der Waals surface area (Å²) < 4.78 is 25.5. The molecule has 1 unspecified atom stereocenters. The molecule has 2 aliphatic heterocycles. The molecule has 0 radical (unpaired) electrons. The number of hydrogen-bond acceptors (Lipinski definition) is 5. The number of nitrogens with zero attached hydrogens (tertiary/aromatic N) is 1. The molecule has 5 nitrogen and oxygen atoms in total. The monoisotopic (exact) mass is 785 g/mol. The van der Waals surface area contributed by atoms with Crippen LogP contribution < -0.4 is 19.1 Å². The van der Waals surface area contributed by atoms with Crippen molar-refractivity contribution in [2.75, 3.05) is 45.4 Å². The summed E-state index contributed by atoms with van der Waals surface area (Å²) in [6.07, 6.45) is 5.68. The van der Waals surface area contributed by atoms with Crippen LogP contribution in [0.4, 0.5) is 5.69 Å². The third-order valence-electron chi connectivity index (χ3n) is 13.3. The Hall–Kier alpha value is -6.56. The number of anilines is 1. The molecule has 1 atom stereocenters. The van der Waals surface area contributed by atoms with E-state index in [1.54, 1.807) is 14.2 Å².